The Labute approximate surface area is 119 Å². The van der Waals surface area contributed by atoms with Gasteiger partial charge in [-0.15, -0.1) is 0 Å². The van der Waals surface area contributed by atoms with Crippen molar-refractivity contribution in [1.29, 1.82) is 0 Å². The average molecular weight is 285 g/mol. The van der Waals surface area contributed by atoms with Crippen LogP contribution in [0.25, 0.3) is 0 Å². The predicted molar refractivity (Wildman–Crippen MR) is 76.6 cm³/mol. The lowest BCUT2D eigenvalue weighted by Crippen LogP contribution is -2.51. The molecule has 2 atom stereocenters. The molecule has 2 unspecified atom stereocenters. The minimum Gasteiger partial charge on any atom is -0.506 e. The molecule has 19 heavy (non-hydrogen) atoms. The van der Waals surface area contributed by atoms with Gasteiger partial charge in [0.05, 0.1) is 17.7 Å². The summed E-state index contributed by atoms with van der Waals surface area (Å²) in [6.07, 6.45) is 0. The second-order valence-electron chi connectivity index (χ2n) is 5.23. The van der Waals surface area contributed by atoms with Crippen LogP contribution in [0.2, 0.25) is 5.02 Å². The topological polar surface area (TPSA) is 46.9 Å². The summed E-state index contributed by atoms with van der Waals surface area (Å²) in [5.74, 6) is 0.0776. The van der Waals surface area contributed by atoms with E-state index in [0.29, 0.717) is 11.1 Å². The smallest absolute Gasteiger partial charge is 0.134 e. The number of halogens is 1. The van der Waals surface area contributed by atoms with Gasteiger partial charge in [-0.1, -0.05) is 17.7 Å². The van der Waals surface area contributed by atoms with E-state index in [2.05, 4.69) is 23.8 Å². The van der Waals surface area contributed by atoms with Gasteiger partial charge in [-0.3, -0.25) is 4.90 Å². The molecule has 1 aromatic rings. The van der Waals surface area contributed by atoms with Crippen molar-refractivity contribution >= 4 is 11.6 Å². The molecule has 1 heterocycles. The number of aliphatic hydroxyl groups excluding tert-OH is 1. The summed E-state index contributed by atoms with van der Waals surface area (Å²) in [6.45, 7) is 5.07. The van der Waals surface area contributed by atoms with E-state index in [0.717, 1.165) is 25.2 Å². The van der Waals surface area contributed by atoms with Crippen LogP contribution < -0.4 is 0 Å². The third kappa shape index (κ3) is 3.20. The van der Waals surface area contributed by atoms with E-state index in [1.54, 1.807) is 12.1 Å². The van der Waals surface area contributed by atoms with Crippen molar-refractivity contribution in [1.82, 2.24) is 9.80 Å². The third-order valence-electron chi connectivity index (χ3n) is 3.96. The van der Waals surface area contributed by atoms with Crippen molar-refractivity contribution in [3.05, 3.63) is 28.8 Å². The fraction of sp³-hybridized carbons (Fsp3) is 0.571. The maximum Gasteiger partial charge on any atom is 0.134 e. The van der Waals surface area contributed by atoms with Gasteiger partial charge in [-0.05, 0) is 31.7 Å². The molecular formula is C14H21ClN2O2. The lowest BCUT2D eigenvalue weighted by atomic mass is 10.0. The summed E-state index contributed by atoms with van der Waals surface area (Å²) in [7, 11) is 2.12. The van der Waals surface area contributed by atoms with Crippen molar-refractivity contribution in [3.63, 3.8) is 0 Å². The van der Waals surface area contributed by atoms with E-state index in [-0.39, 0.29) is 18.4 Å². The van der Waals surface area contributed by atoms with Crippen LogP contribution >= 0.6 is 11.6 Å². The Balaban J connectivity index is 2.17. The molecule has 1 aliphatic rings. The fourth-order valence-corrected chi connectivity index (χ4v) is 2.71. The van der Waals surface area contributed by atoms with Crippen molar-refractivity contribution in [3.8, 4) is 5.75 Å². The third-order valence-corrected chi connectivity index (χ3v) is 4.26. The normalized spacial score (nSPS) is 23.5. The molecule has 5 heteroatoms. The number of phenols is 1. The van der Waals surface area contributed by atoms with Gasteiger partial charge in [0, 0.05) is 25.7 Å². The minimum absolute atomic E-state index is 0.0531. The molecule has 1 aliphatic heterocycles. The molecule has 0 amide bonds. The van der Waals surface area contributed by atoms with Gasteiger partial charge in [0.1, 0.15) is 5.75 Å². The number of nitrogens with zero attached hydrogens (tertiary/aromatic N) is 2. The summed E-state index contributed by atoms with van der Waals surface area (Å²) in [6, 6.07) is 5.55. The molecule has 2 N–H and O–H groups in total. The highest BCUT2D eigenvalue weighted by molar-refractivity contribution is 6.32. The van der Waals surface area contributed by atoms with Gasteiger partial charge in [0.2, 0.25) is 0 Å². The molecular weight excluding hydrogens is 264 g/mol. The lowest BCUT2D eigenvalue weighted by Gasteiger charge is -2.41. The van der Waals surface area contributed by atoms with Crippen LogP contribution in [-0.4, -0.2) is 59.3 Å². The van der Waals surface area contributed by atoms with Crippen molar-refractivity contribution < 1.29 is 10.2 Å². The van der Waals surface area contributed by atoms with Crippen LogP contribution in [0.3, 0.4) is 0 Å². The summed E-state index contributed by atoms with van der Waals surface area (Å²) in [5.41, 5.74) is 0.946. The van der Waals surface area contributed by atoms with E-state index < -0.39 is 0 Å². The Morgan fingerprint density at radius 3 is 2.74 bits per heavy atom. The molecule has 0 saturated carbocycles. The number of hydrogen-bond donors (Lipinski definition) is 2. The summed E-state index contributed by atoms with van der Waals surface area (Å²) >= 11 is 5.95. The maximum absolute atomic E-state index is 9.68. The molecule has 106 valence electrons. The molecule has 1 fully saturated rings. The molecule has 0 aliphatic carbocycles. The molecule has 1 aromatic carbocycles. The van der Waals surface area contributed by atoms with Crippen LogP contribution in [0.15, 0.2) is 18.2 Å². The van der Waals surface area contributed by atoms with E-state index in [1.165, 1.54) is 0 Å². The Morgan fingerprint density at radius 2 is 2.16 bits per heavy atom. The molecule has 1 saturated heterocycles. The highest BCUT2D eigenvalue weighted by Crippen LogP contribution is 2.30. The molecule has 4 nitrogen and oxygen atoms in total. The highest BCUT2D eigenvalue weighted by Gasteiger charge is 2.27. The summed E-state index contributed by atoms with van der Waals surface area (Å²) < 4.78 is 0. The molecule has 0 aromatic heterocycles. The van der Waals surface area contributed by atoms with Gasteiger partial charge >= 0.3 is 0 Å². The van der Waals surface area contributed by atoms with Gasteiger partial charge in [-0.25, -0.2) is 0 Å². The monoisotopic (exact) mass is 284 g/mol. The van der Waals surface area contributed by atoms with E-state index in [1.807, 2.05) is 6.07 Å². The first kappa shape index (κ1) is 14.6. The number of hydrogen-bond acceptors (Lipinski definition) is 4. The van der Waals surface area contributed by atoms with Crippen LogP contribution in [0.4, 0.5) is 0 Å². The first-order valence-electron chi connectivity index (χ1n) is 6.56. The highest BCUT2D eigenvalue weighted by atomic mass is 35.5. The number of likely N-dealkylation sites (N-methyl/N-ethyl adjacent to an activating group) is 1. The Bertz CT molecular complexity index is 441. The Hall–Kier alpha value is -0.810. The number of aromatic hydroxyl groups is 1. The zero-order valence-electron chi connectivity index (χ0n) is 11.4. The Morgan fingerprint density at radius 1 is 1.42 bits per heavy atom. The number of aliphatic hydroxyl groups is 1. The second-order valence-corrected chi connectivity index (χ2v) is 5.64. The van der Waals surface area contributed by atoms with Crippen LogP contribution in [-0.2, 0) is 0 Å². The number of phenolic OH excluding ortho intramolecular Hbond substituents is 1. The van der Waals surface area contributed by atoms with Crippen molar-refractivity contribution in [2.24, 2.45) is 0 Å². The number of rotatable bonds is 3. The van der Waals surface area contributed by atoms with Gasteiger partial charge in [0.25, 0.3) is 0 Å². The zero-order valence-corrected chi connectivity index (χ0v) is 12.1. The standard InChI is InChI=1S/C14H21ClN2O2/c1-10-8-17(6-5-16(10)2)13(9-18)11-3-4-14(19)12(15)7-11/h3-4,7,10,13,18-19H,5-6,8-9H2,1-2H3. The quantitative estimate of drug-likeness (QED) is 0.887. The van der Waals surface area contributed by atoms with Crippen molar-refractivity contribution in [2.45, 2.75) is 19.0 Å². The minimum atomic E-state index is -0.0609. The van der Waals surface area contributed by atoms with E-state index in [4.69, 9.17) is 11.6 Å². The molecule has 0 bridgehead atoms. The second kappa shape index (κ2) is 6.09. The maximum atomic E-state index is 9.68. The predicted octanol–water partition coefficient (Wildman–Crippen LogP) is 1.71. The largest absolute Gasteiger partial charge is 0.506 e. The number of piperazine rings is 1. The fourth-order valence-electron chi connectivity index (χ4n) is 2.52. The van der Waals surface area contributed by atoms with E-state index in [9.17, 15) is 10.2 Å². The first-order valence-corrected chi connectivity index (χ1v) is 6.94. The van der Waals surface area contributed by atoms with E-state index >= 15 is 0 Å². The number of benzene rings is 1. The average Bonchev–Trinajstić information content (AvgIpc) is 2.39. The van der Waals surface area contributed by atoms with Gasteiger partial charge in [0.15, 0.2) is 0 Å². The SMILES string of the molecule is CC1CN(C(CO)c2ccc(O)c(Cl)c2)CCN1C. The lowest BCUT2D eigenvalue weighted by molar-refractivity contribution is 0.0464. The van der Waals surface area contributed by atoms with Crippen molar-refractivity contribution in [2.75, 3.05) is 33.3 Å². The van der Waals surface area contributed by atoms with Crippen LogP contribution in [0, 0.1) is 0 Å². The van der Waals surface area contributed by atoms with Crippen LogP contribution in [0.1, 0.15) is 18.5 Å². The van der Waals surface area contributed by atoms with Crippen LogP contribution in [0.5, 0.6) is 5.75 Å². The van der Waals surface area contributed by atoms with Gasteiger partial charge < -0.3 is 15.1 Å². The summed E-state index contributed by atoms with van der Waals surface area (Å²) in [5, 5.41) is 19.5. The Kier molecular flexibility index (Phi) is 4.68. The first-order chi connectivity index (χ1) is 9.02. The van der Waals surface area contributed by atoms with Gasteiger partial charge in [-0.2, -0.15) is 0 Å². The molecule has 2 rings (SSSR count). The summed E-state index contributed by atoms with van der Waals surface area (Å²) in [4.78, 5) is 4.59. The molecule has 0 radical (unpaired) electrons. The zero-order chi connectivity index (χ0) is 14.0. The molecule has 0 spiro atoms.